The average molecular weight is 457 g/mol. The normalized spacial score (nSPS) is 15.0. The molecular formula is C21H24N6O4S. The smallest absolute Gasteiger partial charge is 0.243 e. The lowest BCUT2D eigenvalue weighted by Crippen LogP contribution is -2.49. The van der Waals surface area contributed by atoms with Gasteiger partial charge in [-0.25, -0.2) is 18.4 Å². The predicted octanol–water partition coefficient (Wildman–Crippen LogP) is 2.22. The molecule has 1 aromatic carbocycles. The Morgan fingerprint density at radius 3 is 2.44 bits per heavy atom. The number of carbonyl (C=O) groups is 1. The average Bonchev–Trinajstić information content (AvgIpc) is 3.14. The van der Waals surface area contributed by atoms with Gasteiger partial charge in [-0.15, -0.1) is 0 Å². The van der Waals surface area contributed by atoms with Crippen LogP contribution in [0.25, 0.3) is 11.1 Å². The minimum Gasteiger partial charge on any atom is -0.338 e. The van der Waals surface area contributed by atoms with Crippen LogP contribution in [0.3, 0.4) is 0 Å². The molecule has 1 aliphatic rings. The van der Waals surface area contributed by atoms with E-state index in [0.29, 0.717) is 54.5 Å². The van der Waals surface area contributed by atoms with Crippen LogP contribution in [0.4, 0.5) is 11.8 Å². The monoisotopic (exact) mass is 456 g/mol. The molecule has 3 heterocycles. The molecule has 10 nitrogen and oxygen atoms in total. The van der Waals surface area contributed by atoms with Gasteiger partial charge >= 0.3 is 0 Å². The van der Waals surface area contributed by atoms with Gasteiger partial charge in [-0.05, 0) is 37.1 Å². The van der Waals surface area contributed by atoms with Crippen molar-refractivity contribution >= 4 is 27.8 Å². The minimum absolute atomic E-state index is 0.193. The first-order valence-electron chi connectivity index (χ1n) is 10.1. The Kier molecular flexibility index (Phi) is 5.94. The van der Waals surface area contributed by atoms with Crippen molar-refractivity contribution in [3.05, 3.63) is 47.9 Å². The number of benzene rings is 1. The molecule has 0 bridgehead atoms. The maximum atomic E-state index is 13.5. The molecule has 168 valence electrons. The van der Waals surface area contributed by atoms with Gasteiger partial charge in [-0.1, -0.05) is 17.3 Å². The zero-order valence-electron chi connectivity index (χ0n) is 18.1. The molecule has 0 aliphatic carbocycles. The minimum atomic E-state index is -3.73. The summed E-state index contributed by atoms with van der Waals surface area (Å²) in [7, 11) is -3.73. The van der Waals surface area contributed by atoms with Crippen LogP contribution in [0.1, 0.15) is 18.2 Å². The van der Waals surface area contributed by atoms with Crippen LogP contribution in [-0.4, -0.2) is 59.9 Å². The van der Waals surface area contributed by atoms with Crippen molar-refractivity contribution in [3.63, 3.8) is 0 Å². The van der Waals surface area contributed by atoms with Gasteiger partial charge in [0.05, 0.1) is 16.2 Å². The summed E-state index contributed by atoms with van der Waals surface area (Å²) in [5, 5.41) is 6.52. The molecule has 0 spiro atoms. The van der Waals surface area contributed by atoms with E-state index >= 15 is 0 Å². The van der Waals surface area contributed by atoms with E-state index in [1.165, 1.54) is 11.2 Å². The van der Waals surface area contributed by atoms with Crippen LogP contribution < -0.4 is 10.2 Å². The second-order valence-corrected chi connectivity index (χ2v) is 9.48. The molecule has 1 N–H and O–H groups in total. The molecule has 0 unspecified atom stereocenters. The van der Waals surface area contributed by atoms with Crippen LogP contribution in [0, 0.1) is 13.8 Å². The molecule has 0 radical (unpaired) electrons. The molecule has 1 aliphatic heterocycles. The predicted molar refractivity (Wildman–Crippen MR) is 119 cm³/mol. The molecule has 32 heavy (non-hydrogen) atoms. The van der Waals surface area contributed by atoms with Gasteiger partial charge in [0.15, 0.2) is 0 Å². The number of piperazine rings is 1. The summed E-state index contributed by atoms with van der Waals surface area (Å²) in [4.78, 5) is 22.2. The lowest BCUT2D eigenvalue weighted by Gasteiger charge is -2.34. The standard InChI is InChI=1S/C21H24N6O4S/c1-14-5-6-17(19-15(2)25-31-20(19)24-16(3)28)13-18(14)32(29,30)27-11-9-26(10-12-27)21-22-7-4-8-23-21/h4-8,13H,9-12H2,1-3H3,(H,24,28). The summed E-state index contributed by atoms with van der Waals surface area (Å²) in [6.45, 7) is 6.52. The van der Waals surface area contributed by atoms with Crippen molar-refractivity contribution in [2.24, 2.45) is 0 Å². The third-order valence-corrected chi connectivity index (χ3v) is 7.36. The second-order valence-electron chi connectivity index (χ2n) is 7.57. The molecule has 1 amide bonds. The van der Waals surface area contributed by atoms with Crippen molar-refractivity contribution < 1.29 is 17.7 Å². The number of rotatable bonds is 5. The fraction of sp³-hybridized carbons (Fsp3) is 0.333. The summed E-state index contributed by atoms with van der Waals surface area (Å²) in [6, 6.07) is 6.90. The van der Waals surface area contributed by atoms with Gasteiger partial charge in [0.25, 0.3) is 0 Å². The molecule has 1 fully saturated rings. The topological polar surface area (TPSA) is 122 Å². The van der Waals surface area contributed by atoms with E-state index in [1.54, 1.807) is 50.5 Å². The molecule has 0 saturated carbocycles. The number of nitrogens with zero attached hydrogens (tertiary/aromatic N) is 5. The largest absolute Gasteiger partial charge is 0.338 e. The van der Waals surface area contributed by atoms with E-state index in [1.807, 2.05) is 4.90 Å². The number of anilines is 2. The highest BCUT2D eigenvalue weighted by Gasteiger charge is 2.31. The van der Waals surface area contributed by atoms with Crippen molar-refractivity contribution in [2.45, 2.75) is 25.7 Å². The Bertz CT molecular complexity index is 1230. The first-order valence-corrected chi connectivity index (χ1v) is 11.6. The van der Waals surface area contributed by atoms with Crippen molar-refractivity contribution in [3.8, 4) is 11.1 Å². The zero-order chi connectivity index (χ0) is 22.9. The first kappa shape index (κ1) is 21.9. The number of amides is 1. The lowest BCUT2D eigenvalue weighted by molar-refractivity contribution is -0.114. The van der Waals surface area contributed by atoms with Crippen LogP contribution in [0.5, 0.6) is 0 Å². The summed E-state index contributed by atoms with van der Waals surface area (Å²) in [5.74, 6) is 0.484. The van der Waals surface area contributed by atoms with E-state index in [0.717, 1.165) is 0 Å². The van der Waals surface area contributed by atoms with Gasteiger partial charge in [0, 0.05) is 45.5 Å². The molecule has 2 aromatic heterocycles. The number of carbonyl (C=O) groups excluding carboxylic acids is 1. The zero-order valence-corrected chi connectivity index (χ0v) is 18.9. The quantitative estimate of drug-likeness (QED) is 0.620. The maximum Gasteiger partial charge on any atom is 0.243 e. The van der Waals surface area contributed by atoms with Gasteiger partial charge < -0.3 is 9.42 Å². The van der Waals surface area contributed by atoms with Gasteiger partial charge in [0.1, 0.15) is 0 Å². The number of hydrogen-bond donors (Lipinski definition) is 1. The number of hydrogen-bond acceptors (Lipinski definition) is 8. The van der Waals surface area contributed by atoms with Crippen LogP contribution >= 0.6 is 0 Å². The Hall–Kier alpha value is -3.31. The van der Waals surface area contributed by atoms with E-state index in [-0.39, 0.29) is 16.7 Å². The van der Waals surface area contributed by atoms with Gasteiger partial charge in [0.2, 0.25) is 27.8 Å². The number of sulfonamides is 1. The van der Waals surface area contributed by atoms with E-state index in [9.17, 15) is 13.2 Å². The van der Waals surface area contributed by atoms with Crippen molar-refractivity contribution in [2.75, 3.05) is 36.4 Å². The lowest BCUT2D eigenvalue weighted by atomic mass is 10.0. The Morgan fingerprint density at radius 2 is 1.78 bits per heavy atom. The number of aryl methyl sites for hydroxylation is 2. The maximum absolute atomic E-state index is 13.5. The molecule has 11 heteroatoms. The summed E-state index contributed by atoms with van der Waals surface area (Å²) >= 11 is 0. The highest BCUT2D eigenvalue weighted by molar-refractivity contribution is 7.89. The Balaban J connectivity index is 1.62. The fourth-order valence-electron chi connectivity index (χ4n) is 3.71. The number of nitrogens with one attached hydrogen (secondary N) is 1. The molecule has 4 rings (SSSR count). The third-order valence-electron chi connectivity index (χ3n) is 5.32. The highest BCUT2D eigenvalue weighted by atomic mass is 32.2. The summed E-state index contributed by atoms with van der Waals surface area (Å²) < 4.78 is 33.7. The van der Waals surface area contributed by atoms with Crippen LogP contribution in [-0.2, 0) is 14.8 Å². The van der Waals surface area contributed by atoms with Gasteiger partial charge in [-0.2, -0.15) is 4.31 Å². The Labute approximate surface area is 186 Å². The van der Waals surface area contributed by atoms with Crippen LogP contribution in [0.15, 0.2) is 46.1 Å². The van der Waals surface area contributed by atoms with Crippen LogP contribution in [0.2, 0.25) is 0 Å². The van der Waals surface area contributed by atoms with Gasteiger partial charge in [-0.3, -0.25) is 10.1 Å². The summed E-state index contributed by atoms with van der Waals surface area (Å²) in [5.41, 5.74) is 2.35. The van der Waals surface area contributed by atoms with Crippen molar-refractivity contribution in [1.29, 1.82) is 0 Å². The highest BCUT2D eigenvalue weighted by Crippen LogP contribution is 2.34. The molecule has 0 atom stereocenters. The van der Waals surface area contributed by atoms with E-state index in [4.69, 9.17) is 4.52 Å². The fourth-order valence-corrected chi connectivity index (χ4v) is 5.38. The molecule has 3 aromatic rings. The second kappa shape index (κ2) is 8.67. The SMILES string of the molecule is CC(=O)Nc1onc(C)c1-c1ccc(C)c(S(=O)(=O)N2CCN(c3ncccn3)CC2)c1. The molecule has 1 saturated heterocycles. The molecular weight excluding hydrogens is 432 g/mol. The summed E-state index contributed by atoms with van der Waals surface area (Å²) in [6.07, 6.45) is 3.34. The Morgan fingerprint density at radius 1 is 1.09 bits per heavy atom. The third kappa shape index (κ3) is 4.21. The van der Waals surface area contributed by atoms with E-state index in [2.05, 4.69) is 20.4 Å². The van der Waals surface area contributed by atoms with Crippen molar-refractivity contribution in [1.82, 2.24) is 19.4 Å². The number of aromatic nitrogens is 3. The first-order chi connectivity index (χ1) is 15.3. The van der Waals surface area contributed by atoms with E-state index < -0.39 is 10.0 Å².